The van der Waals surface area contributed by atoms with E-state index in [2.05, 4.69) is 5.32 Å². The number of benzene rings is 2. The van der Waals surface area contributed by atoms with Crippen LogP contribution in [0.2, 0.25) is 0 Å². The van der Waals surface area contributed by atoms with Gasteiger partial charge in [0.1, 0.15) is 17.5 Å². The average molecular weight is 421 g/mol. The van der Waals surface area contributed by atoms with Gasteiger partial charge in [0.25, 0.3) is 0 Å². The molecule has 2 rings (SSSR count). The number of methoxy groups -OCH3 is 1. The Labute approximate surface area is 172 Å². The molecule has 0 bridgehead atoms. The van der Waals surface area contributed by atoms with Crippen molar-refractivity contribution in [1.29, 1.82) is 0 Å². The van der Waals surface area contributed by atoms with E-state index in [0.29, 0.717) is 18.0 Å². The van der Waals surface area contributed by atoms with E-state index in [-0.39, 0.29) is 6.54 Å². The fraction of sp³-hybridized carbons (Fsp3) is 0.381. The van der Waals surface area contributed by atoms with Crippen molar-refractivity contribution >= 4 is 21.6 Å². The third kappa shape index (κ3) is 5.87. The molecule has 29 heavy (non-hydrogen) atoms. The summed E-state index contributed by atoms with van der Waals surface area (Å²) in [4.78, 5) is 12.7. The summed E-state index contributed by atoms with van der Waals surface area (Å²) < 4.78 is 36.8. The van der Waals surface area contributed by atoms with Crippen LogP contribution in [0.1, 0.15) is 25.0 Å². The molecule has 0 aliphatic rings. The molecule has 0 fully saturated rings. The number of carbonyl (C=O) groups excluding carboxylic acids is 1. The van der Waals surface area contributed by atoms with Crippen molar-refractivity contribution in [3.63, 3.8) is 0 Å². The van der Waals surface area contributed by atoms with Crippen molar-refractivity contribution in [2.45, 2.75) is 33.4 Å². The monoisotopic (exact) mass is 420 g/mol. The molecule has 158 valence electrons. The minimum atomic E-state index is -3.73. The number of hydrogen-bond acceptors (Lipinski definition) is 5. The lowest BCUT2D eigenvalue weighted by Gasteiger charge is -2.29. The first-order valence-corrected chi connectivity index (χ1v) is 11.2. The maximum Gasteiger partial charge on any atom is 0.243 e. The van der Waals surface area contributed by atoms with Gasteiger partial charge in [-0.3, -0.25) is 9.10 Å². The van der Waals surface area contributed by atoms with Crippen molar-refractivity contribution in [1.82, 2.24) is 5.32 Å². The topological polar surface area (TPSA) is 84.9 Å². The Kier molecular flexibility index (Phi) is 7.50. The lowest BCUT2D eigenvalue weighted by molar-refractivity contribution is -0.122. The quantitative estimate of drug-likeness (QED) is 0.674. The smallest absolute Gasteiger partial charge is 0.243 e. The van der Waals surface area contributed by atoms with Crippen LogP contribution in [0.4, 0.5) is 5.69 Å². The Morgan fingerprint density at radius 3 is 2.38 bits per heavy atom. The van der Waals surface area contributed by atoms with E-state index in [1.54, 1.807) is 19.1 Å². The Morgan fingerprint density at radius 1 is 1.17 bits per heavy atom. The van der Waals surface area contributed by atoms with Gasteiger partial charge in [-0.05, 0) is 56.2 Å². The Balaban J connectivity index is 2.20. The maximum atomic E-state index is 12.7. The van der Waals surface area contributed by atoms with Crippen molar-refractivity contribution in [3.05, 3.63) is 53.6 Å². The minimum Gasteiger partial charge on any atom is -0.495 e. The number of rotatable bonds is 9. The second kappa shape index (κ2) is 9.65. The fourth-order valence-corrected chi connectivity index (χ4v) is 4.13. The molecule has 2 aromatic carbocycles. The Morgan fingerprint density at radius 2 is 1.83 bits per heavy atom. The summed E-state index contributed by atoms with van der Waals surface area (Å²) >= 11 is 0. The van der Waals surface area contributed by atoms with E-state index >= 15 is 0 Å². The Bertz CT molecular complexity index is 942. The molecule has 0 unspecified atom stereocenters. The molecule has 0 aliphatic heterocycles. The summed E-state index contributed by atoms with van der Waals surface area (Å²) in [5.74, 6) is 0.728. The van der Waals surface area contributed by atoms with E-state index in [1.807, 2.05) is 44.2 Å². The van der Waals surface area contributed by atoms with Gasteiger partial charge in [-0.2, -0.15) is 0 Å². The SMILES string of the molecule is CCOc1ccc(CNC(=O)[C@H](C)N(c2cc(C)ccc2OC)S(C)(=O)=O)cc1. The van der Waals surface area contributed by atoms with Gasteiger partial charge in [0, 0.05) is 6.54 Å². The predicted molar refractivity (Wildman–Crippen MR) is 114 cm³/mol. The Hall–Kier alpha value is -2.74. The van der Waals surface area contributed by atoms with Crippen molar-refractivity contribution in [2.24, 2.45) is 0 Å². The molecule has 8 heteroatoms. The molecule has 1 N–H and O–H groups in total. The third-order valence-corrected chi connectivity index (χ3v) is 5.59. The highest BCUT2D eigenvalue weighted by molar-refractivity contribution is 7.92. The van der Waals surface area contributed by atoms with E-state index in [0.717, 1.165) is 27.4 Å². The molecule has 0 radical (unpaired) electrons. The van der Waals surface area contributed by atoms with Gasteiger partial charge >= 0.3 is 0 Å². The van der Waals surface area contributed by atoms with Crippen LogP contribution in [0.5, 0.6) is 11.5 Å². The van der Waals surface area contributed by atoms with Crippen LogP contribution >= 0.6 is 0 Å². The standard InChI is InChI=1S/C21H28N2O5S/c1-6-28-18-10-8-17(9-11-18)14-22-21(24)16(3)23(29(5,25)26)19-13-15(2)7-12-20(19)27-4/h7-13,16H,6,14H2,1-5H3,(H,22,24)/t16-/m0/s1. The van der Waals surface area contributed by atoms with Crippen molar-refractivity contribution in [3.8, 4) is 11.5 Å². The molecule has 1 atom stereocenters. The van der Waals surface area contributed by atoms with Gasteiger partial charge in [0.2, 0.25) is 15.9 Å². The van der Waals surface area contributed by atoms with Gasteiger partial charge in [-0.15, -0.1) is 0 Å². The number of amides is 1. The van der Waals surface area contributed by atoms with Crippen LogP contribution in [0.3, 0.4) is 0 Å². The zero-order valence-corrected chi connectivity index (χ0v) is 18.2. The molecule has 0 aromatic heterocycles. The number of carbonyl (C=O) groups is 1. The van der Waals surface area contributed by atoms with Crippen molar-refractivity contribution in [2.75, 3.05) is 24.3 Å². The fourth-order valence-electron chi connectivity index (χ4n) is 2.96. The van der Waals surface area contributed by atoms with Gasteiger partial charge in [-0.25, -0.2) is 8.42 Å². The number of sulfonamides is 1. The first-order chi connectivity index (χ1) is 13.7. The van der Waals surface area contributed by atoms with Crippen LogP contribution in [-0.2, 0) is 21.4 Å². The normalized spacial score (nSPS) is 12.2. The van der Waals surface area contributed by atoms with Crippen LogP contribution in [0.25, 0.3) is 0 Å². The highest BCUT2D eigenvalue weighted by Crippen LogP contribution is 2.32. The van der Waals surface area contributed by atoms with Crippen LogP contribution in [0, 0.1) is 6.92 Å². The number of nitrogens with zero attached hydrogens (tertiary/aromatic N) is 1. The van der Waals surface area contributed by atoms with Gasteiger partial charge in [0.15, 0.2) is 0 Å². The second-order valence-corrected chi connectivity index (χ2v) is 8.56. The highest BCUT2D eigenvalue weighted by atomic mass is 32.2. The maximum absolute atomic E-state index is 12.7. The van der Waals surface area contributed by atoms with Gasteiger partial charge < -0.3 is 14.8 Å². The zero-order chi connectivity index (χ0) is 21.6. The van der Waals surface area contributed by atoms with Gasteiger partial charge in [-0.1, -0.05) is 18.2 Å². The summed E-state index contributed by atoms with van der Waals surface area (Å²) in [6, 6.07) is 11.6. The summed E-state index contributed by atoms with van der Waals surface area (Å²) in [5, 5.41) is 2.80. The molecule has 1 amide bonds. The largest absolute Gasteiger partial charge is 0.495 e. The molecule has 0 saturated heterocycles. The first kappa shape index (κ1) is 22.5. The van der Waals surface area contributed by atoms with E-state index < -0.39 is 22.0 Å². The number of anilines is 1. The summed E-state index contributed by atoms with van der Waals surface area (Å²) in [6.07, 6.45) is 1.07. The number of ether oxygens (including phenoxy) is 2. The van der Waals surface area contributed by atoms with Gasteiger partial charge in [0.05, 0.1) is 25.7 Å². The summed E-state index contributed by atoms with van der Waals surface area (Å²) in [6.45, 7) is 6.16. The number of aryl methyl sites for hydroxylation is 1. The molecule has 0 saturated carbocycles. The molecule has 0 heterocycles. The van der Waals surface area contributed by atoms with E-state index in [4.69, 9.17) is 9.47 Å². The molecule has 0 aliphatic carbocycles. The molecular formula is C21H28N2O5S. The average Bonchev–Trinajstić information content (AvgIpc) is 2.66. The number of nitrogens with one attached hydrogen (secondary N) is 1. The van der Waals surface area contributed by atoms with Crippen LogP contribution < -0.4 is 19.1 Å². The lowest BCUT2D eigenvalue weighted by Crippen LogP contribution is -2.47. The predicted octanol–water partition coefficient (Wildman–Crippen LogP) is 2.87. The summed E-state index contributed by atoms with van der Waals surface area (Å²) in [5.41, 5.74) is 2.07. The van der Waals surface area contributed by atoms with Crippen LogP contribution in [0.15, 0.2) is 42.5 Å². The highest BCUT2D eigenvalue weighted by Gasteiger charge is 2.31. The molecular weight excluding hydrogens is 392 g/mol. The number of hydrogen-bond donors (Lipinski definition) is 1. The van der Waals surface area contributed by atoms with E-state index in [1.165, 1.54) is 7.11 Å². The van der Waals surface area contributed by atoms with Crippen LogP contribution in [-0.4, -0.2) is 40.3 Å². The first-order valence-electron chi connectivity index (χ1n) is 9.30. The molecule has 7 nitrogen and oxygen atoms in total. The molecule has 0 spiro atoms. The lowest BCUT2D eigenvalue weighted by atomic mass is 10.1. The minimum absolute atomic E-state index is 0.276. The second-order valence-electron chi connectivity index (χ2n) is 6.70. The zero-order valence-electron chi connectivity index (χ0n) is 17.4. The third-order valence-electron chi connectivity index (χ3n) is 4.36. The van der Waals surface area contributed by atoms with E-state index in [9.17, 15) is 13.2 Å². The summed E-state index contributed by atoms with van der Waals surface area (Å²) in [7, 11) is -2.27. The van der Waals surface area contributed by atoms with Crippen molar-refractivity contribution < 1.29 is 22.7 Å². The molecule has 2 aromatic rings.